The molecule has 6 heteroatoms. The van der Waals surface area contributed by atoms with Crippen molar-refractivity contribution in [3.05, 3.63) is 34.7 Å². The number of amides is 1. The Kier molecular flexibility index (Phi) is 4.67. The Morgan fingerprint density at radius 3 is 2.67 bits per heavy atom. The molecule has 110 valence electrons. The van der Waals surface area contributed by atoms with Crippen molar-refractivity contribution < 1.29 is 9.53 Å². The molecule has 21 heavy (non-hydrogen) atoms. The summed E-state index contributed by atoms with van der Waals surface area (Å²) in [5.74, 6) is -0.143. The minimum atomic E-state index is -0.143. The normalized spacial score (nSPS) is 21.0. The first-order valence-electron chi connectivity index (χ1n) is 6.75. The monoisotopic (exact) mass is 320 g/mol. The number of rotatable bonds is 2. The quantitative estimate of drug-likeness (QED) is 0.619. The first-order chi connectivity index (χ1) is 10.3. The topological polar surface area (TPSA) is 41.9 Å². The molecule has 2 heterocycles. The van der Waals surface area contributed by atoms with Crippen LogP contribution in [0.3, 0.4) is 0 Å². The number of amidine groups is 1. The average molecular weight is 320 g/mol. The van der Waals surface area contributed by atoms with Crippen LogP contribution in [0.1, 0.15) is 5.56 Å². The van der Waals surface area contributed by atoms with E-state index in [9.17, 15) is 4.79 Å². The van der Waals surface area contributed by atoms with Gasteiger partial charge in [0, 0.05) is 18.0 Å². The molecule has 0 saturated carbocycles. The van der Waals surface area contributed by atoms with E-state index in [0.717, 1.165) is 23.8 Å². The van der Waals surface area contributed by atoms with Gasteiger partial charge in [-0.25, -0.2) is 0 Å². The number of carbonyl (C=O) groups excluding carboxylic acids is 1. The van der Waals surface area contributed by atoms with E-state index in [0.29, 0.717) is 18.1 Å². The molecule has 4 nitrogen and oxygen atoms in total. The van der Waals surface area contributed by atoms with Gasteiger partial charge in [0.15, 0.2) is 5.17 Å². The van der Waals surface area contributed by atoms with E-state index in [4.69, 9.17) is 4.74 Å². The zero-order valence-corrected chi connectivity index (χ0v) is 13.4. The molecule has 3 rings (SSSR count). The van der Waals surface area contributed by atoms with E-state index in [1.165, 1.54) is 16.7 Å². The molecule has 0 atom stereocenters. The second-order valence-electron chi connectivity index (χ2n) is 4.68. The molecule has 1 aromatic rings. The number of nitrogens with zero attached hydrogens (tertiary/aromatic N) is 2. The van der Waals surface area contributed by atoms with Gasteiger partial charge in [-0.05, 0) is 41.8 Å². The Morgan fingerprint density at radius 1 is 1.29 bits per heavy atom. The van der Waals surface area contributed by atoms with Crippen molar-refractivity contribution in [3.63, 3.8) is 0 Å². The Bertz CT molecular complexity index is 590. The molecule has 1 saturated heterocycles. The van der Waals surface area contributed by atoms with E-state index >= 15 is 0 Å². The molecule has 0 radical (unpaired) electrons. The van der Waals surface area contributed by atoms with E-state index in [-0.39, 0.29) is 5.91 Å². The Hall–Kier alpha value is -1.24. The third kappa shape index (κ3) is 3.51. The van der Waals surface area contributed by atoms with Crippen molar-refractivity contribution in [2.45, 2.75) is 4.90 Å². The number of hydrogen-bond acceptors (Lipinski definition) is 5. The van der Waals surface area contributed by atoms with Crippen LogP contribution in [0, 0.1) is 0 Å². The lowest BCUT2D eigenvalue weighted by Gasteiger charge is -2.27. The molecule has 0 unspecified atom stereocenters. The second kappa shape index (κ2) is 6.68. The largest absolute Gasteiger partial charge is 0.378 e. The smallest absolute Gasteiger partial charge is 0.286 e. The third-order valence-corrected chi connectivity index (χ3v) is 5.09. The number of benzene rings is 1. The van der Waals surface area contributed by atoms with Gasteiger partial charge in [0.05, 0.1) is 18.1 Å². The zero-order chi connectivity index (χ0) is 14.7. The molecule has 0 bridgehead atoms. The van der Waals surface area contributed by atoms with Gasteiger partial charge >= 0.3 is 0 Å². The van der Waals surface area contributed by atoms with E-state index < -0.39 is 0 Å². The van der Waals surface area contributed by atoms with Gasteiger partial charge in [-0.15, -0.1) is 11.8 Å². The Labute approximate surface area is 132 Å². The average Bonchev–Trinajstić information content (AvgIpc) is 2.90. The van der Waals surface area contributed by atoms with Crippen molar-refractivity contribution in [2.24, 2.45) is 4.99 Å². The summed E-state index contributed by atoms with van der Waals surface area (Å²) in [4.78, 5) is 20.2. The summed E-state index contributed by atoms with van der Waals surface area (Å²) in [6.45, 7) is 3.00. The number of carbonyl (C=O) groups is 1. The highest BCUT2D eigenvalue weighted by molar-refractivity contribution is 8.18. The molecular weight excluding hydrogens is 304 g/mol. The lowest BCUT2D eigenvalue weighted by Crippen LogP contribution is -2.38. The summed E-state index contributed by atoms with van der Waals surface area (Å²) in [6.07, 6.45) is 3.96. The van der Waals surface area contributed by atoms with Crippen LogP contribution in [0.4, 0.5) is 0 Å². The maximum absolute atomic E-state index is 12.0. The van der Waals surface area contributed by atoms with Gasteiger partial charge < -0.3 is 9.64 Å². The van der Waals surface area contributed by atoms with Crippen molar-refractivity contribution in [3.8, 4) is 0 Å². The molecule has 0 spiro atoms. The number of thioether (sulfide) groups is 2. The van der Waals surface area contributed by atoms with E-state index in [2.05, 4.69) is 22.0 Å². The van der Waals surface area contributed by atoms with Gasteiger partial charge in [0.25, 0.3) is 5.91 Å². The summed E-state index contributed by atoms with van der Waals surface area (Å²) < 4.78 is 5.32. The number of ether oxygens (including phenoxy) is 1. The van der Waals surface area contributed by atoms with Crippen LogP contribution in [-0.2, 0) is 9.53 Å². The van der Waals surface area contributed by atoms with Crippen LogP contribution in [0.2, 0.25) is 0 Å². The van der Waals surface area contributed by atoms with Crippen molar-refractivity contribution in [1.82, 2.24) is 4.90 Å². The fraction of sp³-hybridized carbons (Fsp3) is 0.333. The first kappa shape index (κ1) is 14.7. The van der Waals surface area contributed by atoms with Gasteiger partial charge in [-0.3, -0.25) is 4.79 Å². The Balaban J connectivity index is 1.72. The van der Waals surface area contributed by atoms with Crippen molar-refractivity contribution >= 4 is 40.7 Å². The molecular formula is C15H16N2O2S2. The first-order valence-corrected chi connectivity index (χ1v) is 8.80. The maximum Gasteiger partial charge on any atom is 0.286 e. The summed E-state index contributed by atoms with van der Waals surface area (Å²) in [7, 11) is 0. The van der Waals surface area contributed by atoms with Crippen LogP contribution >= 0.6 is 23.5 Å². The molecule has 0 N–H and O–H groups in total. The minimum absolute atomic E-state index is 0.143. The number of hydrogen-bond donors (Lipinski definition) is 0. The third-order valence-electron chi connectivity index (χ3n) is 3.30. The minimum Gasteiger partial charge on any atom is -0.378 e. The molecule has 0 aliphatic carbocycles. The van der Waals surface area contributed by atoms with Gasteiger partial charge in [-0.1, -0.05) is 12.1 Å². The lowest BCUT2D eigenvalue weighted by atomic mass is 10.2. The molecule has 1 fully saturated rings. The summed E-state index contributed by atoms with van der Waals surface area (Å²) >= 11 is 3.16. The number of morpholine rings is 1. The van der Waals surface area contributed by atoms with Gasteiger partial charge in [0.1, 0.15) is 0 Å². The highest BCUT2D eigenvalue weighted by atomic mass is 32.2. The predicted octanol–water partition coefficient (Wildman–Crippen LogP) is 2.71. The fourth-order valence-corrected chi connectivity index (χ4v) is 3.51. The summed E-state index contributed by atoms with van der Waals surface area (Å²) in [6, 6.07) is 8.18. The molecule has 2 aliphatic rings. The molecule has 0 aromatic heterocycles. The maximum atomic E-state index is 12.0. The standard InChI is InChI=1S/C15H16N2O2S2/c1-20-12-4-2-11(3-5-12)10-13-14(18)16-15(21-13)17-6-8-19-9-7-17/h2-5,10H,6-9H2,1H3/b13-10-. The van der Waals surface area contributed by atoms with Gasteiger partial charge in [-0.2, -0.15) is 4.99 Å². The van der Waals surface area contributed by atoms with Crippen LogP contribution in [0.5, 0.6) is 0 Å². The second-order valence-corrected chi connectivity index (χ2v) is 6.57. The molecule has 1 aromatic carbocycles. The van der Waals surface area contributed by atoms with Crippen LogP contribution in [-0.4, -0.2) is 48.5 Å². The molecule has 1 amide bonds. The predicted molar refractivity (Wildman–Crippen MR) is 88.6 cm³/mol. The Morgan fingerprint density at radius 2 is 2.00 bits per heavy atom. The summed E-state index contributed by atoms with van der Waals surface area (Å²) in [5.41, 5.74) is 1.03. The van der Waals surface area contributed by atoms with Crippen LogP contribution < -0.4 is 0 Å². The summed E-state index contributed by atoms with van der Waals surface area (Å²) in [5, 5.41) is 0.801. The molecule has 2 aliphatic heterocycles. The highest BCUT2D eigenvalue weighted by Crippen LogP contribution is 2.30. The van der Waals surface area contributed by atoms with Crippen LogP contribution in [0.15, 0.2) is 39.1 Å². The SMILES string of the molecule is CSc1ccc(/C=C2\SC(N3CCOCC3)=NC2=O)cc1. The van der Waals surface area contributed by atoms with Crippen molar-refractivity contribution in [1.29, 1.82) is 0 Å². The van der Waals surface area contributed by atoms with E-state index in [1.807, 2.05) is 24.5 Å². The highest BCUT2D eigenvalue weighted by Gasteiger charge is 2.26. The van der Waals surface area contributed by atoms with Crippen LogP contribution in [0.25, 0.3) is 6.08 Å². The zero-order valence-electron chi connectivity index (χ0n) is 11.7. The van der Waals surface area contributed by atoms with Gasteiger partial charge in [0.2, 0.25) is 0 Å². The van der Waals surface area contributed by atoms with Crippen molar-refractivity contribution in [2.75, 3.05) is 32.6 Å². The van der Waals surface area contributed by atoms with E-state index in [1.54, 1.807) is 11.8 Å². The fourth-order valence-electron chi connectivity index (χ4n) is 2.14. The lowest BCUT2D eigenvalue weighted by molar-refractivity contribution is -0.113. The number of aliphatic imine (C=N–C) groups is 1.